The molecule has 0 saturated carbocycles. The lowest BCUT2D eigenvalue weighted by Crippen LogP contribution is -2.05. The summed E-state index contributed by atoms with van der Waals surface area (Å²) < 4.78 is 40.0. The van der Waals surface area contributed by atoms with Crippen LogP contribution in [0.3, 0.4) is 0 Å². The molecule has 0 bridgehead atoms. The molecule has 2 rings (SSSR count). The highest BCUT2D eigenvalue weighted by Crippen LogP contribution is 2.28. The molecule has 2 aromatic carbocycles. The molecule has 0 amide bonds. The second-order valence-corrected chi connectivity index (χ2v) is 4.43. The maximum Gasteiger partial charge on any atom is 0.161 e. The summed E-state index contributed by atoms with van der Waals surface area (Å²) in [6, 6.07) is 7.00. The van der Waals surface area contributed by atoms with Crippen LogP contribution in [-0.2, 0) is 6.54 Å². The molecule has 0 aliphatic heterocycles. The first-order chi connectivity index (χ1) is 9.02. The van der Waals surface area contributed by atoms with Crippen molar-refractivity contribution in [3.63, 3.8) is 0 Å². The van der Waals surface area contributed by atoms with E-state index < -0.39 is 17.5 Å². The predicted molar refractivity (Wildman–Crippen MR) is 69.3 cm³/mol. The van der Waals surface area contributed by atoms with Gasteiger partial charge in [0.25, 0.3) is 0 Å². The molecule has 0 aromatic heterocycles. The van der Waals surface area contributed by atoms with Gasteiger partial charge in [0.05, 0.1) is 0 Å². The zero-order chi connectivity index (χ0) is 14.0. The van der Waals surface area contributed by atoms with Gasteiger partial charge < -0.3 is 5.32 Å². The van der Waals surface area contributed by atoms with Crippen LogP contribution < -0.4 is 5.32 Å². The number of nitrogens with one attached hydrogen (secondary N) is 1. The van der Waals surface area contributed by atoms with Crippen LogP contribution in [0.4, 0.5) is 13.2 Å². The number of rotatable bonds is 3. The number of halogens is 3. The number of benzene rings is 2. The first-order valence-corrected chi connectivity index (χ1v) is 5.92. The molecule has 0 heterocycles. The summed E-state index contributed by atoms with van der Waals surface area (Å²) in [5.41, 5.74) is 2.41. The van der Waals surface area contributed by atoms with Crippen LogP contribution in [0.5, 0.6) is 0 Å². The molecule has 0 aliphatic rings. The molecule has 4 heteroatoms. The Kier molecular flexibility index (Phi) is 3.90. The van der Waals surface area contributed by atoms with Crippen molar-refractivity contribution < 1.29 is 13.2 Å². The van der Waals surface area contributed by atoms with Crippen molar-refractivity contribution in [2.45, 2.75) is 13.5 Å². The van der Waals surface area contributed by atoms with Crippen molar-refractivity contribution in [2.24, 2.45) is 0 Å². The van der Waals surface area contributed by atoms with Gasteiger partial charge in [-0.15, -0.1) is 0 Å². The van der Waals surface area contributed by atoms with E-state index in [1.807, 2.05) is 12.1 Å². The topological polar surface area (TPSA) is 12.0 Å². The lowest BCUT2D eigenvalue weighted by atomic mass is 9.97. The van der Waals surface area contributed by atoms with Gasteiger partial charge in [-0.2, -0.15) is 0 Å². The quantitative estimate of drug-likeness (QED) is 0.832. The Morgan fingerprint density at radius 2 is 1.58 bits per heavy atom. The van der Waals surface area contributed by atoms with Gasteiger partial charge in [-0.3, -0.25) is 0 Å². The molecule has 1 nitrogen and oxygen atoms in total. The van der Waals surface area contributed by atoms with Gasteiger partial charge in [-0.1, -0.05) is 12.1 Å². The summed E-state index contributed by atoms with van der Waals surface area (Å²) in [5, 5.41) is 2.99. The van der Waals surface area contributed by atoms with Crippen LogP contribution in [0.2, 0.25) is 0 Å². The minimum absolute atomic E-state index is 0.0781. The molecule has 0 saturated heterocycles. The van der Waals surface area contributed by atoms with E-state index in [2.05, 4.69) is 5.32 Å². The minimum atomic E-state index is -1.18. The predicted octanol–water partition coefficient (Wildman–Crippen LogP) is 3.80. The fourth-order valence-electron chi connectivity index (χ4n) is 2.00. The van der Waals surface area contributed by atoms with Crippen molar-refractivity contribution in [3.05, 3.63) is 58.9 Å². The van der Waals surface area contributed by atoms with Crippen LogP contribution in [0.15, 0.2) is 30.3 Å². The van der Waals surface area contributed by atoms with Crippen molar-refractivity contribution >= 4 is 0 Å². The lowest BCUT2D eigenvalue weighted by molar-refractivity contribution is 0.496. The molecular weight excluding hydrogens is 251 g/mol. The van der Waals surface area contributed by atoms with Crippen molar-refractivity contribution in [2.75, 3.05) is 7.05 Å². The number of aryl methyl sites for hydroxylation is 1. The number of hydrogen-bond donors (Lipinski definition) is 1. The fourth-order valence-corrected chi connectivity index (χ4v) is 2.00. The summed E-state index contributed by atoms with van der Waals surface area (Å²) in [7, 11) is 1.80. The fraction of sp³-hybridized carbons (Fsp3) is 0.200. The van der Waals surface area contributed by atoms with Crippen LogP contribution >= 0.6 is 0 Å². The van der Waals surface area contributed by atoms with E-state index in [1.165, 1.54) is 0 Å². The average Bonchev–Trinajstić information content (AvgIpc) is 2.37. The summed E-state index contributed by atoms with van der Waals surface area (Å²) in [6.07, 6.45) is 0. The molecule has 2 aromatic rings. The molecule has 0 aliphatic carbocycles. The Bertz CT molecular complexity index is 609. The van der Waals surface area contributed by atoms with Gasteiger partial charge >= 0.3 is 0 Å². The van der Waals surface area contributed by atoms with E-state index in [-0.39, 0.29) is 5.56 Å². The van der Waals surface area contributed by atoms with Crippen LogP contribution in [0.25, 0.3) is 11.1 Å². The van der Waals surface area contributed by atoms with Crippen LogP contribution in [0.1, 0.15) is 11.1 Å². The molecule has 0 fully saturated rings. The summed E-state index contributed by atoms with van der Waals surface area (Å²) in [4.78, 5) is 0. The Morgan fingerprint density at radius 1 is 0.895 bits per heavy atom. The zero-order valence-electron chi connectivity index (χ0n) is 10.7. The zero-order valence-corrected chi connectivity index (χ0v) is 10.7. The summed E-state index contributed by atoms with van der Waals surface area (Å²) >= 11 is 0. The Morgan fingerprint density at radius 3 is 2.26 bits per heavy atom. The van der Waals surface area contributed by atoms with Gasteiger partial charge in [0, 0.05) is 18.2 Å². The maximum atomic E-state index is 13.8. The summed E-state index contributed by atoms with van der Waals surface area (Å²) in [5.74, 6) is -2.98. The molecular formula is C15H14F3N. The monoisotopic (exact) mass is 265 g/mol. The normalized spacial score (nSPS) is 10.8. The third-order valence-corrected chi connectivity index (χ3v) is 2.98. The number of hydrogen-bond acceptors (Lipinski definition) is 1. The SMILES string of the molecule is CNCc1ccc(C)c(-c2cc(F)c(F)cc2F)c1. The van der Waals surface area contributed by atoms with E-state index in [9.17, 15) is 13.2 Å². The van der Waals surface area contributed by atoms with E-state index in [0.29, 0.717) is 18.2 Å². The standard InChI is InChI=1S/C15H14F3N/c1-9-3-4-10(8-19-2)5-11(9)12-6-14(17)15(18)7-13(12)16/h3-7,19H,8H2,1-2H3. The van der Waals surface area contributed by atoms with E-state index in [4.69, 9.17) is 0 Å². The molecule has 19 heavy (non-hydrogen) atoms. The second-order valence-electron chi connectivity index (χ2n) is 4.43. The maximum absolute atomic E-state index is 13.8. The summed E-state index contributed by atoms with van der Waals surface area (Å²) in [6.45, 7) is 2.43. The molecule has 0 atom stereocenters. The molecule has 0 radical (unpaired) electrons. The highest BCUT2D eigenvalue weighted by Gasteiger charge is 2.13. The van der Waals surface area contributed by atoms with Gasteiger partial charge in [-0.25, -0.2) is 13.2 Å². The Balaban J connectivity index is 2.57. The highest BCUT2D eigenvalue weighted by molar-refractivity contribution is 5.68. The van der Waals surface area contributed by atoms with Crippen molar-refractivity contribution in [1.29, 1.82) is 0 Å². The van der Waals surface area contributed by atoms with Crippen LogP contribution in [-0.4, -0.2) is 7.05 Å². The van der Waals surface area contributed by atoms with E-state index in [1.54, 1.807) is 20.0 Å². The smallest absolute Gasteiger partial charge is 0.161 e. The van der Waals surface area contributed by atoms with Gasteiger partial charge in [0.1, 0.15) is 5.82 Å². The van der Waals surface area contributed by atoms with Crippen molar-refractivity contribution in [3.8, 4) is 11.1 Å². The van der Waals surface area contributed by atoms with E-state index in [0.717, 1.165) is 17.2 Å². The van der Waals surface area contributed by atoms with Gasteiger partial charge in [0.15, 0.2) is 11.6 Å². The molecule has 1 N–H and O–H groups in total. The first-order valence-electron chi connectivity index (χ1n) is 5.92. The molecule has 0 spiro atoms. The third kappa shape index (κ3) is 2.79. The average molecular weight is 265 g/mol. The van der Waals surface area contributed by atoms with Gasteiger partial charge in [0.2, 0.25) is 0 Å². The first kappa shape index (κ1) is 13.6. The second kappa shape index (κ2) is 5.45. The minimum Gasteiger partial charge on any atom is -0.316 e. The highest BCUT2D eigenvalue weighted by atomic mass is 19.2. The largest absolute Gasteiger partial charge is 0.316 e. The Labute approximate surface area is 110 Å². The Hall–Kier alpha value is -1.81. The third-order valence-electron chi connectivity index (χ3n) is 2.98. The molecule has 100 valence electrons. The van der Waals surface area contributed by atoms with Crippen LogP contribution in [0, 0.1) is 24.4 Å². The molecule has 0 unspecified atom stereocenters. The van der Waals surface area contributed by atoms with Crippen molar-refractivity contribution in [1.82, 2.24) is 5.32 Å². The van der Waals surface area contributed by atoms with Gasteiger partial charge in [-0.05, 0) is 42.8 Å². The van der Waals surface area contributed by atoms with E-state index >= 15 is 0 Å². The lowest BCUT2D eigenvalue weighted by Gasteiger charge is -2.10.